The Morgan fingerprint density at radius 3 is 2.33 bits per heavy atom. The lowest BCUT2D eigenvalue weighted by atomic mass is 9.91. The van der Waals surface area contributed by atoms with Crippen molar-refractivity contribution < 1.29 is 9.85 Å². The van der Waals surface area contributed by atoms with Gasteiger partial charge in [0.25, 0.3) is 11.4 Å². The van der Waals surface area contributed by atoms with E-state index in [1.807, 2.05) is 13.8 Å². The van der Waals surface area contributed by atoms with Crippen LogP contribution in [0.3, 0.4) is 0 Å². The smallest absolute Gasteiger partial charge is 0.279 e. The van der Waals surface area contributed by atoms with E-state index in [1.165, 1.54) is 12.1 Å². The van der Waals surface area contributed by atoms with E-state index in [2.05, 4.69) is 12.2 Å². The lowest BCUT2D eigenvalue weighted by Crippen LogP contribution is -2.35. The number of benzene rings is 1. The third-order valence-electron chi connectivity index (χ3n) is 3.61. The van der Waals surface area contributed by atoms with Crippen LogP contribution in [-0.2, 0) is 6.42 Å². The molecular weight excluding hydrogens is 274 g/mol. The Morgan fingerprint density at radius 1 is 1.19 bits per heavy atom. The molecule has 0 amide bonds. The number of rotatable bonds is 8. The first kappa shape index (κ1) is 17.0. The van der Waals surface area contributed by atoms with Gasteiger partial charge >= 0.3 is 0 Å². The van der Waals surface area contributed by atoms with Crippen LogP contribution < -0.4 is 5.32 Å². The summed E-state index contributed by atoms with van der Waals surface area (Å²) in [7, 11) is 0. The Kier molecular flexibility index (Phi) is 6.23. The molecule has 0 bridgehead atoms. The number of nitrogens with one attached hydrogen (secondary N) is 1. The SMILES string of the molecule is CCNC(CC)C(C)Cc1ccc([N+](=O)[O-])cc1[N+](=O)[O-]. The fourth-order valence-electron chi connectivity index (χ4n) is 2.51. The largest absolute Gasteiger partial charge is 0.314 e. The predicted molar refractivity (Wildman–Crippen MR) is 80.4 cm³/mol. The summed E-state index contributed by atoms with van der Waals surface area (Å²) in [6.07, 6.45) is 1.44. The van der Waals surface area contributed by atoms with E-state index in [9.17, 15) is 20.2 Å². The monoisotopic (exact) mass is 295 g/mol. The van der Waals surface area contributed by atoms with E-state index >= 15 is 0 Å². The summed E-state index contributed by atoms with van der Waals surface area (Å²) in [6.45, 7) is 6.95. The van der Waals surface area contributed by atoms with Crippen LogP contribution in [0.1, 0.15) is 32.8 Å². The quantitative estimate of drug-likeness (QED) is 0.587. The van der Waals surface area contributed by atoms with Crippen molar-refractivity contribution in [3.63, 3.8) is 0 Å². The lowest BCUT2D eigenvalue weighted by Gasteiger charge is -2.23. The maximum absolute atomic E-state index is 11.1. The summed E-state index contributed by atoms with van der Waals surface area (Å²) in [6, 6.07) is 4.12. The number of non-ortho nitro benzene ring substituents is 1. The Bertz CT molecular complexity index is 519. The fourth-order valence-corrected chi connectivity index (χ4v) is 2.51. The highest BCUT2D eigenvalue weighted by Gasteiger charge is 2.23. The van der Waals surface area contributed by atoms with Crippen molar-refractivity contribution >= 4 is 11.4 Å². The zero-order valence-electron chi connectivity index (χ0n) is 12.5. The van der Waals surface area contributed by atoms with Crippen LogP contribution in [0.5, 0.6) is 0 Å². The Labute approximate surface area is 123 Å². The van der Waals surface area contributed by atoms with Crippen molar-refractivity contribution in [1.29, 1.82) is 0 Å². The molecule has 1 N–H and O–H groups in total. The maximum atomic E-state index is 11.1. The third-order valence-corrected chi connectivity index (χ3v) is 3.61. The van der Waals surface area contributed by atoms with Gasteiger partial charge in [-0.15, -0.1) is 0 Å². The highest BCUT2D eigenvalue weighted by atomic mass is 16.6. The van der Waals surface area contributed by atoms with Crippen LogP contribution in [-0.4, -0.2) is 22.4 Å². The van der Waals surface area contributed by atoms with Gasteiger partial charge in [0, 0.05) is 17.7 Å². The molecule has 1 rings (SSSR count). The van der Waals surface area contributed by atoms with Crippen molar-refractivity contribution in [2.45, 2.75) is 39.7 Å². The molecule has 7 nitrogen and oxygen atoms in total. The molecule has 2 unspecified atom stereocenters. The van der Waals surface area contributed by atoms with Gasteiger partial charge in [-0.25, -0.2) is 0 Å². The zero-order valence-corrected chi connectivity index (χ0v) is 12.5. The van der Waals surface area contributed by atoms with Gasteiger partial charge in [-0.05, 0) is 31.4 Å². The molecule has 7 heteroatoms. The van der Waals surface area contributed by atoms with E-state index < -0.39 is 9.85 Å². The van der Waals surface area contributed by atoms with Gasteiger partial charge in [-0.1, -0.05) is 20.8 Å². The Hall–Kier alpha value is -2.02. The maximum Gasteiger partial charge on any atom is 0.279 e. The van der Waals surface area contributed by atoms with Crippen LogP contribution in [0.15, 0.2) is 18.2 Å². The van der Waals surface area contributed by atoms with Crippen molar-refractivity contribution in [3.8, 4) is 0 Å². The molecule has 0 aliphatic rings. The van der Waals surface area contributed by atoms with Crippen LogP contribution >= 0.6 is 0 Å². The normalized spacial score (nSPS) is 13.7. The Balaban J connectivity index is 3.01. The third kappa shape index (κ3) is 4.49. The fraction of sp³-hybridized carbons (Fsp3) is 0.571. The summed E-state index contributed by atoms with van der Waals surface area (Å²) in [5, 5.41) is 25.2. The number of nitro groups is 2. The first-order valence-corrected chi connectivity index (χ1v) is 7.05. The van der Waals surface area contributed by atoms with Gasteiger partial charge in [0.2, 0.25) is 0 Å². The van der Waals surface area contributed by atoms with Crippen molar-refractivity contribution in [2.24, 2.45) is 5.92 Å². The topological polar surface area (TPSA) is 98.3 Å². The van der Waals surface area contributed by atoms with E-state index in [4.69, 9.17) is 0 Å². The zero-order chi connectivity index (χ0) is 16.0. The van der Waals surface area contributed by atoms with Gasteiger partial charge in [0.05, 0.1) is 15.9 Å². The molecule has 1 aromatic carbocycles. The van der Waals surface area contributed by atoms with Crippen LogP contribution in [0.25, 0.3) is 0 Å². The molecule has 0 radical (unpaired) electrons. The summed E-state index contributed by atoms with van der Waals surface area (Å²) in [5.74, 6) is 0.204. The van der Waals surface area contributed by atoms with E-state index in [0.29, 0.717) is 12.0 Å². The number of hydrogen-bond donors (Lipinski definition) is 1. The second-order valence-electron chi connectivity index (χ2n) is 5.08. The van der Waals surface area contributed by atoms with E-state index in [0.717, 1.165) is 19.0 Å². The minimum atomic E-state index is -0.617. The highest BCUT2D eigenvalue weighted by Crippen LogP contribution is 2.27. The summed E-state index contributed by atoms with van der Waals surface area (Å²) >= 11 is 0. The number of nitro benzene ring substituents is 2. The standard InChI is InChI=1S/C14H21N3O4/c1-4-13(15-5-2)10(3)8-11-6-7-12(16(18)19)9-14(11)17(20)21/h6-7,9-10,13,15H,4-5,8H2,1-3H3. The number of hydrogen-bond acceptors (Lipinski definition) is 5. The molecular formula is C14H21N3O4. The number of nitrogens with zero attached hydrogens (tertiary/aromatic N) is 2. The molecule has 0 heterocycles. The minimum absolute atomic E-state index is 0.178. The van der Waals surface area contributed by atoms with Crippen LogP contribution in [0.2, 0.25) is 0 Å². The molecule has 1 aromatic rings. The highest BCUT2D eigenvalue weighted by molar-refractivity contribution is 5.49. The van der Waals surface area contributed by atoms with Gasteiger partial charge in [-0.2, -0.15) is 0 Å². The van der Waals surface area contributed by atoms with E-state index in [-0.39, 0.29) is 23.3 Å². The van der Waals surface area contributed by atoms with Crippen LogP contribution in [0, 0.1) is 26.1 Å². The minimum Gasteiger partial charge on any atom is -0.314 e. The molecule has 2 atom stereocenters. The van der Waals surface area contributed by atoms with Crippen LogP contribution in [0.4, 0.5) is 11.4 Å². The summed E-state index contributed by atoms with van der Waals surface area (Å²) < 4.78 is 0. The molecule has 0 spiro atoms. The van der Waals surface area contributed by atoms with Crippen molar-refractivity contribution in [1.82, 2.24) is 5.32 Å². The van der Waals surface area contributed by atoms with Gasteiger partial charge < -0.3 is 5.32 Å². The second kappa shape index (κ2) is 7.68. The average molecular weight is 295 g/mol. The Morgan fingerprint density at radius 2 is 1.86 bits per heavy atom. The molecule has 0 saturated carbocycles. The molecule has 116 valence electrons. The van der Waals surface area contributed by atoms with E-state index in [1.54, 1.807) is 0 Å². The molecule has 0 aliphatic carbocycles. The van der Waals surface area contributed by atoms with Crippen molar-refractivity contribution in [2.75, 3.05) is 6.54 Å². The summed E-state index contributed by atoms with van der Waals surface area (Å²) in [5.41, 5.74) is 0.105. The lowest BCUT2D eigenvalue weighted by molar-refractivity contribution is -0.394. The molecule has 0 fully saturated rings. The van der Waals surface area contributed by atoms with Gasteiger partial charge in [0.15, 0.2) is 0 Å². The first-order valence-electron chi connectivity index (χ1n) is 7.05. The molecule has 0 aliphatic heterocycles. The van der Waals surface area contributed by atoms with Gasteiger partial charge in [0.1, 0.15) is 0 Å². The predicted octanol–water partition coefficient (Wildman–Crippen LogP) is 3.07. The molecule has 21 heavy (non-hydrogen) atoms. The molecule has 0 aromatic heterocycles. The summed E-state index contributed by atoms with van der Waals surface area (Å²) in [4.78, 5) is 20.7. The molecule has 0 saturated heterocycles. The average Bonchev–Trinajstić information content (AvgIpc) is 2.44. The van der Waals surface area contributed by atoms with Gasteiger partial charge in [-0.3, -0.25) is 20.2 Å². The van der Waals surface area contributed by atoms with Crippen molar-refractivity contribution in [3.05, 3.63) is 44.0 Å². The second-order valence-corrected chi connectivity index (χ2v) is 5.08. The first-order chi connectivity index (χ1) is 9.90.